The van der Waals surface area contributed by atoms with Crippen LogP contribution in [0.3, 0.4) is 0 Å². The molecule has 0 unspecified atom stereocenters. The van der Waals surface area contributed by atoms with Crippen LogP contribution in [-0.2, 0) is 0 Å². The third kappa shape index (κ3) is 2.77. The minimum atomic E-state index is -0.256. The number of ketones is 4. The zero-order valence-corrected chi connectivity index (χ0v) is 14.9. The molecular formula is C20H10O4S2. The summed E-state index contributed by atoms with van der Waals surface area (Å²) in [6.45, 7) is 0. The Morgan fingerprint density at radius 1 is 0.500 bits per heavy atom. The van der Waals surface area contributed by atoms with Gasteiger partial charge < -0.3 is 0 Å². The highest BCUT2D eigenvalue weighted by molar-refractivity contribution is 8.80. The number of fused-ring (bicyclic) bond motifs is 2. The minimum absolute atomic E-state index is 0.242. The molecule has 26 heavy (non-hydrogen) atoms. The molecule has 2 aromatic rings. The van der Waals surface area contributed by atoms with Crippen LogP contribution in [0.5, 0.6) is 0 Å². The molecule has 0 atom stereocenters. The van der Waals surface area contributed by atoms with E-state index in [-0.39, 0.29) is 32.9 Å². The Kier molecular flexibility index (Phi) is 4.22. The molecular weight excluding hydrogens is 368 g/mol. The number of Topliss-reactive ketones (excluding diaryl/α,β-unsaturated/α-hetero) is 2. The molecule has 0 spiro atoms. The average Bonchev–Trinajstić information content (AvgIpc) is 2.67. The molecule has 4 rings (SSSR count). The third-order valence-corrected chi connectivity index (χ3v) is 6.44. The standard InChI is InChI=1S/C20H10O4S2/c21-15-9-17(19(23)13-7-3-1-5-11(13)15)25-26-18-10-16(22)12-6-2-4-8-14(12)20(18)24/h1-10H. The molecule has 0 heterocycles. The van der Waals surface area contributed by atoms with Crippen molar-refractivity contribution in [2.45, 2.75) is 0 Å². The molecule has 0 amide bonds. The first-order chi connectivity index (χ1) is 12.6. The molecule has 126 valence electrons. The fourth-order valence-electron chi connectivity index (χ4n) is 2.80. The lowest BCUT2D eigenvalue weighted by molar-refractivity contribution is 0.0991. The van der Waals surface area contributed by atoms with Gasteiger partial charge in [-0.05, 0) is 21.6 Å². The Morgan fingerprint density at radius 3 is 1.23 bits per heavy atom. The van der Waals surface area contributed by atoms with E-state index in [1.807, 2.05) is 0 Å². The number of carbonyl (C=O) groups excluding carboxylic acids is 4. The summed E-state index contributed by atoms with van der Waals surface area (Å²) >= 11 is 0. The van der Waals surface area contributed by atoms with Crippen LogP contribution < -0.4 is 0 Å². The Bertz CT molecular complexity index is 977. The van der Waals surface area contributed by atoms with Crippen LogP contribution in [0.25, 0.3) is 0 Å². The van der Waals surface area contributed by atoms with Gasteiger partial charge in [0, 0.05) is 34.4 Å². The SMILES string of the molecule is O=C1C=C(SSC2=CC(=O)c3ccccc3C2=O)C(=O)c2ccccc21. The Hall–Kier alpha value is -2.70. The monoisotopic (exact) mass is 378 g/mol. The second kappa shape index (κ2) is 6.55. The van der Waals surface area contributed by atoms with E-state index in [9.17, 15) is 19.2 Å². The molecule has 0 saturated heterocycles. The fraction of sp³-hybridized carbons (Fsp3) is 0. The van der Waals surface area contributed by atoms with Crippen molar-refractivity contribution in [3.05, 3.63) is 92.7 Å². The van der Waals surface area contributed by atoms with Gasteiger partial charge in [0.2, 0.25) is 11.6 Å². The van der Waals surface area contributed by atoms with Crippen molar-refractivity contribution in [1.29, 1.82) is 0 Å². The highest BCUT2D eigenvalue weighted by Crippen LogP contribution is 2.42. The van der Waals surface area contributed by atoms with Gasteiger partial charge in [0.15, 0.2) is 11.6 Å². The summed E-state index contributed by atoms with van der Waals surface area (Å²) in [5, 5.41) is 0. The summed E-state index contributed by atoms with van der Waals surface area (Å²) in [5.41, 5.74) is 1.47. The lowest BCUT2D eigenvalue weighted by atomic mass is 9.95. The second-order valence-electron chi connectivity index (χ2n) is 5.66. The van der Waals surface area contributed by atoms with Crippen molar-refractivity contribution < 1.29 is 19.2 Å². The predicted molar refractivity (Wildman–Crippen MR) is 102 cm³/mol. The minimum Gasteiger partial charge on any atom is -0.289 e. The van der Waals surface area contributed by atoms with Gasteiger partial charge in [0.05, 0.1) is 9.81 Å². The zero-order valence-electron chi connectivity index (χ0n) is 13.2. The molecule has 0 radical (unpaired) electrons. The molecule has 2 aliphatic carbocycles. The molecule has 2 aromatic carbocycles. The van der Waals surface area contributed by atoms with Crippen molar-refractivity contribution in [2.75, 3.05) is 0 Å². The van der Waals surface area contributed by atoms with Crippen molar-refractivity contribution in [3.63, 3.8) is 0 Å². The summed E-state index contributed by atoms with van der Waals surface area (Å²) in [5.74, 6) is -0.996. The molecule has 0 aliphatic heterocycles. The van der Waals surface area contributed by atoms with Gasteiger partial charge in [-0.1, -0.05) is 48.5 Å². The topological polar surface area (TPSA) is 68.3 Å². The van der Waals surface area contributed by atoms with Crippen LogP contribution in [-0.4, -0.2) is 23.1 Å². The molecule has 6 heteroatoms. The van der Waals surface area contributed by atoms with Gasteiger partial charge in [-0.25, -0.2) is 0 Å². The van der Waals surface area contributed by atoms with E-state index in [0.29, 0.717) is 22.3 Å². The van der Waals surface area contributed by atoms with Crippen molar-refractivity contribution >= 4 is 44.7 Å². The number of allylic oxidation sites excluding steroid dienone is 4. The quantitative estimate of drug-likeness (QED) is 0.742. The first-order valence-corrected chi connectivity index (χ1v) is 9.85. The lowest BCUT2D eigenvalue weighted by Crippen LogP contribution is -2.16. The average molecular weight is 378 g/mol. The first kappa shape index (κ1) is 16.8. The van der Waals surface area contributed by atoms with E-state index < -0.39 is 0 Å². The van der Waals surface area contributed by atoms with Crippen molar-refractivity contribution in [3.8, 4) is 0 Å². The van der Waals surface area contributed by atoms with Gasteiger partial charge in [0.1, 0.15) is 0 Å². The summed E-state index contributed by atoms with van der Waals surface area (Å²) in [6, 6.07) is 13.3. The van der Waals surface area contributed by atoms with E-state index >= 15 is 0 Å². The summed E-state index contributed by atoms with van der Waals surface area (Å²) < 4.78 is 0. The van der Waals surface area contributed by atoms with Crippen LogP contribution in [0.2, 0.25) is 0 Å². The van der Waals surface area contributed by atoms with Crippen LogP contribution in [0.4, 0.5) is 0 Å². The van der Waals surface area contributed by atoms with Crippen LogP contribution in [0.1, 0.15) is 41.4 Å². The van der Waals surface area contributed by atoms with Crippen molar-refractivity contribution in [1.82, 2.24) is 0 Å². The number of hydrogen-bond donors (Lipinski definition) is 0. The van der Waals surface area contributed by atoms with E-state index in [1.54, 1.807) is 48.5 Å². The van der Waals surface area contributed by atoms with Gasteiger partial charge in [-0.2, -0.15) is 0 Å². The first-order valence-electron chi connectivity index (χ1n) is 7.70. The number of carbonyl (C=O) groups is 4. The fourth-order valence-corrected chi connectivity index (χ4v) is 4.94. The summed E-state index contributed by atoms with van der Waals surface area (Å²) in [4.78, 5) is 50.0. The highest BCUT2D eigenvalue weighted by Gasteiger charge is 2.29. The van der Waals surface area contributed by atoms with Crippen LogP contribution in [0.15, 0.2) is 70.5 Å². The summed E-state index contributed by atoms with van der Waals surface area (Å²) in [6.07, 6.45) is 2.57. The molecule has 0 bridgehead atoms. The van der Waals surface area contributed by atoms with E-state index in [1.165, 1.54) is 12.2 Å². The van der Waals surface area contributed by atoms with Crippen LogP contribution in [0, 0.1) is 0 Å². The lowest BCUT2D eigenvalue weighted by Gasteiger charge is -2.16. The Balaban J connectivity index is 1.57. The smallest absolute Gasteiger partial charge is 0.201 e. The van der Waals surface area contributed by atoms with Gasteiger partial charge in [-0.3, -0.25) is 19.2 Å². The normalized spacial score (nSPS) is 16.0. The van der Waals surface area contributed by atoms with E-state index in [2.05, 4.69) is 0 Å². The van der Waals surface area contributed by atoms with E-state index in [0.717, 1.165) is 21.6 Å². The van der Waals surface area contributed by atoms with Crippen LogP contribution >= 0.6 is 21.6 Å². The maximum absolute atomic E-state index is 12.6. The molecule has 0 fully saturated rings. The third-order valence-electron chi connectivity index (χ3n) is 4.07. The maximum Gasteiger partial charge on any atom is 0.201 e. The largest absolute Gasteiger partial charge is 0.289 e. The molecule has 0 saturated carbocycles. The molecule has 2 aliphatic rings. The van der Waals surface area contributed by atoms with Gasteiger partial charge in [-0.15, -0.1) is 0 Å². The molecule has 0 N–H and O–H groups in total. The van der Waals surface area contributed by atoms with Crippen molar-refractivity contribution in [2.24, 2.45) is 0 Å². The van der Waals surface area contributed by atoms with Gasteiger partial charge >= 0.3 is 0 Å². The van der Waals surface area contributed by atoms with Gasteiger partial charge in [0.25, 0.3) is 0 Å². The molecule has 4 nitrogen and oxygen atoms in total. The summed E-state index contributed by atoms with van der Waals surface area (Å²) in [7, 11) is 2.05. The second-order valence-corrected chi connectivity index (χ2v) is 7.87. The van der Waals surface area contributed by atoms with E-state index in [4.69, 9.17) is 0 Å². The highest BCUT2D eigenvalue weighted by atomic mass is 33.1. The Labute approximate surface area is 156 Å². The number of hydrogen-bond acceptors (Lipinski definition) is 6. The predicted octanol–water partition coefficient (Wildman–Crippen LogP) is 4.29. The maximum atomic E-state index is 12.6. The number of rotatable bonds is 3. The Morgan fingerprint density at radius 2 is 0.846 bits per heavy atom. The zero-order chi connectivity index (χ0) is 18.3. The number of benzene rings is 2. The molecule has 0 aromatic heterocycles.